The molecule has 1 aromatic carbocycles. The van der Waals surface area contributed by atoms with Crippen LogP contribution in [0.15, 0.2) is 53.5 Å². The number of rotatable bonds is 4. The number of aromatic nitrogens is 1. The monoisotopic (exact) mass is 352 g/mol. The van der Waals surface area contributed by atoms with E-state index in [0.29, 0.717) is 6.54 Å². The summed E-state index contributed by atoms with van der Waals surface area (Å²) in [5, 5.41) is 0. The maximum absolute atomic E-state index is 13.0. The van der Waals surface area contributed by atoms with Gasteiger partial charge in [-0.2, -0.15) is 0 Å². The summed E-state index contributed by atoms with van der Waals surface area (Å²) in [6.45, 7) is 0.480. The molecule has 0 radical (unpaired) electrons. The number of pyridine rings is 1. The van der Waals surface area contributed by atoms with Crippen molar-refractivity contribution in [3.8, 4) is 0 Å². The first-order chi connectivity index (χ1) is 12.7. The summed E-state index contributed by atoms with van der Waals surface area (Å²) in [5.41, 5.74) is 1.11. The molecule has 1 amide bonds. The van der Waals surface area contributed by atoms with E-state index >= 15 is 0 Å². The average Bonchev–Trinajstić information content (AvgIpc) is 2.63. The van der Waals surface area contributed by atoms with Crippen LogP contribution in [-0.4, -0.2) is 28.5 Å². The van der Waals surface area contributed by atoms with E-state index in [9.17, 15) is 9.59 Å². The van der Waals surface area contributed by atoms with Crippen LogP contribution in [0.25, 0.3) is 0 Å². The van der Waals surface area contributed by atoms with Crippen LogP contribution in [0, 0.1) is 0 Å². The van der Waals surface area contributed by atoms with E-state index in [2.05, 4.69) is 0 Å². The molecule has 4 heteroatoms. The molecule has 1 aromatic heterocycles. The van der Waals surface area contributed by atoms with Gasteiger partial charge in [-0.1, -0.05) is 62.4 Å². The first-order valence-electron chi connectivity index (χ1n) is 9.67. The summed E-state index contributed by atoms with van der Waals surface area (Å²) in [6.07, 6.45) is 9.93. The number of hydrogen-bond acceptors (Lipinski definition) is 2. The molecule has 26 heavy (non-hydrogen) atoms. The Morgan fingerprint density at radius 1 is 1.00 bits per heavy atom. The van der Waals surface area contributed by atoms with Gasteiger partial charge < -0.3 is 9.47 Å². The van der Waals surface area contributed by atoms with E-state index in [0.717, 1.165) is 31.2 Å². The maximum atomic E-state index is 13.0. The zero-order chi connectivity index (χ0) is 18.4. The molecular weight excluding hydrogens is 324 g/mol. The summed E-state index contributed by atoms with van der Waals surface area (Å²) in [7, 11) is 1.85. The lowest BCUT2D eigenvalue weighted by molar-refractivity contribution is 0.0704. The predicted molar refractivity (Wildman–Crippen MR) is 104 cm³/mol. The molecule has 1 aliphatic carbocycles. The average molecular weight is 352 g/mol. The van der Waals surface area contributed by atoms with Crippen molar-refractivity contribution in [2.75, 3.05) is 7.05 Å². The van der Waals surface area contributed by atoms with E-state index in [-0.39, 0.29) is 23.1 Å². The normalized spacial score (nSPS) is 15.9. The number of hydrogen-bond donors (Lipinski definition) is 0. The molecule has 0 spiro atoms. The third-order valence-corrected chi connectivity index (χ3v) is 5.39. The number of amides is 1. The van der Waals surface area contributed by atoms with Crippen LogP contribution < -0.4 is 5.56 Å². The molecule has 2 aromatic rings. The van der Waals surface area contributed by atoms with Gasteiger partial charge in [0.15, 0.2) is 0 Å². The van der Waals surface area contributed by atoms with Crippen molar-refractivity contribution in [3.63, 3.8) is 0 Å². The molecule has 138 valence electrons. The first kappa shape index (κ1) is 18.4. The van der Waals surface area contributed by atoms with Crippen LogP contribution in [-0.2, 0) is 6.54 Å². The lowest BCUT2D eigenvalue weighted by Gasteiger charge is -2.29. The van der Waals surface area contributed by atoms with Gasteiger partial charge >= 0.3 is 0 Å². The fourth-order valence-electron chi connectivity index (χ4n) is 3.78. The van der Waals surface area contributed by atoms with E-state index in [1.807, 2.05) is 37.4 Å². The van der Waals surface area contributed by atoms with Gasteiger partial charge in [-0.05, 0) is 30.5 Å². The molecule has 1 fully saturated rings. The van der Waals surface area contributed by atoms with Crippen molar-refractivity contribution in [2.24, 2.45) is 0 Å². The van der Waals surface area contributed by atoms with E-state index in [1.54, 1.807) is 27.8 Å². The van der Waals surface area contributed by atoms with Crippen LogP contribution >= 0.6 is 0 Å². The van der Waals surface area contributed by atoms with Gasteiger partial charge in [0, 0.05) is 19.3 Å². The zero-order valence-electron chi connectivity index (χ0n) is 15.6. The Morgan fingerprint density at radius 2 is 1.65 bits per heavy atom. The Labute approximate surface area is 155 Å². The number of nitrogens with zero attached hydrogens (tertiary/aromatic N) is 2. The Bertz CT molecular complexity index is 774. The summed E-state index contributed by atoms with van der Waals surface area (Å²) in [6, 6.07) is 13.5. The molecule has 3 rings (SSSR count). The van der Waals surface area contributed by atoms with Crippen molar-refractivity contribution in [1.82, 2.24) is 9.47 Å². The molecule has 0 saturated heterocycles. The SMILES string of the molecule is CN(C(=O)c1cccn(Cc2ccccc2)c1=O)C1CCCCCCC1. The number of carbonyl (C=O) groups excluding carboxylic acids is 1. The van der Waals surface area contributed by atoms with Gasteiger partial charge in [-0.3, -0.25) is 9.59 Å². The first-order valence-corrected chi connectivity index (χ1v) is 9.67. The van der Waals surface area contributed by atoms with Gasteiger partial charge in [0.2, 0.25) is 0 Å². The quantitative estimate of drug-likeness (QED) is 0.832. The Hall–Kier alpha value is -2.36. The van der Waals surface area contributed by atoms with Gasteiger partial charge in [0.05, 0.1) is 6.54 Å². The van der Waals surface area contributed by atoms with Crippen molar-refractivity contribution in [1.29, 1.82) is 0 Å². The fourth-order valence-corrected chi connectivity index (χ4v) is 3.78. The van der Waals surface area contributed by atoms with E-state index < -0.39 is 0 Å². The molecule has 0 N–H and O–H groups in total. The Kier molecular flexibility index (Phi) is 6.26. The highest BCUT2D eigenvalue weighted by atomic mass is 16.2. The highest BCUT2D eigenvalue weighted by Crippen LogP contribution is 2.21. The van der Waals surface area contributed by atoms with Crippen LogP contribution in [0.2, 0.25) is 0 Å². The molecule has 4 nitrogen and oxygen atoms in total. The van der Waals surface area contributed by atoms with Crippen LogP contribution in [0.4, 0.5) is 0 Å². The minimum absolute atomic E-state index is 0.150. The van der Waals surface area contributed by atoms with Crippen LogP contribution in [0.3, 0.4) is 0 Å². The Balaban J connectivity index is 1.78. The van der Waals surface area contributed by atoms with Gasteiger partial charge in [-0.15, -0.1) is 0 Å². The van der Waals surface area contributed by atoms with E-state index in [4.69, 9.17) is 0 Å². The van der Waals surface area contributed by atoms with E-state index in [1.165, 1.54) is 19.3 Å². The zero-order valence-corrected chi connectivity index (χ0v) is 15.6. The van der Waals surface area contributed by atoms with Gasteiger partial charge in [0.1, 0.15) is 5.56 Å². The topological polar surface area (TPSA) is 42.3 Å². The smallest absolute Gasteiger partial charge is 0.263 e. The molecule has 0 aliphatic heterocycles. The van der Waals surface area contributed by atoms with Crippen molar-refractivity contribution in [2.45, 2.75) is 57.5 Å². The lowest BCUT2D eigenvalue weighted by Crippen LogP contribution is -2.40. The van der Waals surface area contributed by atoms with Crippen LogP contribution in [0.5, 0.6) is 0 Å². The number of benzene rings is 1. The second-order valence-electron chi connectivity index (χ2n) is 7.26. The molecule has 0 atom stereocenters. The van der Waals surface area contributed by atoms with Crippen molar-refractivity contribution >= 4 is 5.91 Å². The van der Waals surface area contributed by atoms with Gasteiger partial charge in [0.25, 0.3) is 11.5 Å². The third kappa shape index (κ3) is 4.43. The number of carbonyl (C=O) groups is 1. The fraction of sp³-hybridized carbons (Fsp3) is 0.455. The molecule has 0 bridgehead atoms. The highest BCUT2D eigenvalue weighted by Gasteiger charge is 2.23. The van der Waals surface area contributed by atoms with Crippen molar-refractivity contribution in [3.05, 3.63) is 70.1 Å². The standard InChI is InChI=1S/C22H28N2O2/c1-23(19-13-8-3-2-4-9-14-19)21(25)20-15-10-16-24(22(20)26)17-18-11-6-5-7-12-18/h5-7,10-12,15-16,19H,2-4,8-9,13-14,17H2,1H3. The maximum Gasteiger partial charge on any atom is 0.263 e. The predicted octanol–water partition coefficient (Wildman–Crippen LogP) is 4.08. The summed E-state index contributed by atoms with van der Waals surface area (Å²) < 4.78 is 1.62. The van der Waals surface area contributed by atoms with Crippen molar-refractivity contribution < 1.29 is 4.79 Å². The summed E-state index contributed by atoms with van der Waals surface area (Å²) in [5.74, 6) is -0.150. The molecular formula is C22H28N2O2. The molecule has 0 unspecified atom stereocenters. The van der Waals surface area contributed by atoms with Gasteiger partial charge in [-0.25, -0.2) is 0 Å². The second kappa shape index (κ2) is 8.84. The molecule has 1 aliphatic rings. The Morgan fingerprint density at radius 3 is 2.35 bits per heavy atom. The molecule has 1 heterocycles. The third-order valence-electron chi connectivity index (χ3n) is 5.39. The highest BCUT2D eigenvalue weighted by molar-refractivity contribution is 5.93. The summed E-state index contributed by atoms with van der Waals surface area (Å²) in [4.78, 5) is 27.6. The second-order valence-corrected chi connectivity index (χ2v) is 7.26. The molecule has 1 saturated carbocycles. The summed E-state index contributed by atoms with van der Waals surface area (Å²) >= 11 is 0. The largest absolute Gasteiger partial charge is 0.339 e. The lowest BCUT2D eigenvalue weighted by atomic mass is 9.95. The van der Waals surface area contributed by atoms with Crippen LogP contribution in [0.1, 0.15) is 60.9 Å². The minimum Gasteiger partial charge on any atom is -0.339 e. The minimum atomic E-state index is -0.209.